The number of para-hydroxylation sites is 1. The maximum Gasteiger partial charge on any atom is 0.417 e. The van der Waals surface area contributed by atoms with E-state index in [0.717, 1.165) is 6.20 Å². The number of amides is 1. The average Bonchev–Trinajstić information content (AvgIpc) is 2.49. The summed E-state index contributed by atoms with van der Waals surface area (Å²) in [5.41, 5.74) is -1.21. The zero-order valence-electron chi connectivity index (χ0n) is 13.0. The number of likely N-dealkylation sites (N-methyl/N-ethyl adjacent to an activating group) is 1. The highest BCUT2D eigenvalue weighted by Gasteiger charge is 2.37. The fourth-order valence-corrected chi connectivity index (χ4v) is 2.06. The maximum atomic E-state index is 13.4. The number of nitrogens with zero attached hydrogens (tertiary/aromatic N) is 1. The van der Waals surface area contributed by atoms with Crippen LogP contribution in [0.15, 0.2) is 30.5 Å². The van der Waals surface area contributed by atoms with E-state index in [1.807, 2.05) is 6.92 Å². The number of alkyl halides is 3. The van der Waals surface area contributed by atoms with Crippen molar-refractivity contribution >= 4 is 41.6 Å². The number of pyridine rings is 1. The Morgan fingerprint density at radius 1 is 1.25 bits per heavy atom. The third-order valence-electron chi connectivity index (χ3n) is 3.37. The minimum atomic E-state index is -4.64. The molecule has 9 heteroatoms. The molecule has 0 bridgehead atoms. The van der Waals surface area contributed by atoms with Crippen LogP contribution in [0.4, 0.5) is 13.2 Å². The van der Waals surface area contributed by atoms with Crippen LogP contribution in [-0.4, -0.2) is 30.5 Å². The lowest BCUT2D eigenvalue weighted by atomic mass is 10.0. The number of fused-ring (bicyclic) bond motifs is 1. The van der Waals surface area contributed by atoms with Crippen molar-refractivity contribution < 1.29 is 18.0 Å². The standard InChI is InChI=1S/C15H16F3N3O.2ClH/c1-9(19-2)7-21-14(22)11-8-20-12-6-4-3-5-10(12)13(11)15(16,17)18;;/h3-6,8-9,19H,7H2,1-2H3,(H,21,22);2*1H. The highest BCUT2D eigenvalue weighted by atomic mass is 35.5. The van der Waals surface area contributed by atoms with E-state index >= 15 is 0 Å². The summed E-state index contributed by atoms with van der Waals surface area (Å²) in [5, 5.41) is 5.30. The number of carbonyl (C=O) groups excluding carboxylic acids is 1. The molecule has 4 nitrogen and oxygen atoms in total. The van der Waals surface area contributed by atoms with Crippen LogP contribution in [0.1, 0.15) is 22.8 Å². The van der Waals surface area contributed by atoms with Crippen LogP contribution in [0.5, 0.6) is 0 Å². The minimum Gasteiger partial charge on any atom is -0.350 e. The van der Waals surface area contributed by atoms with Gasteiger partial charge >= 0.3 is 6.18 Å². The van der Waals surface area contributed by atoms with Crippen molar-refractivity contribution in [3.63, 3.8) is 0 Å². The third kappa shape index (κ3) is 4.96. The minimum absolute atomic E-state index is 0. The second-order valence-corrected chi connectivity index (χ2v) is 4.96. The van der Waals surface area contributed by atoms with Gasteiger partial charge in [0.25, 0.3) is 5.91 Å². The topological polar surface area (TPSA) is 54.0 Å². The van der Waals surface area contributed by atoms with Gasteiger partial charge in [-0.05, 0) is 20.0 Å². The maximum absolute atomic E-state index is 13.4. The van der Waals surface area contributed by atoms with E-state index in [0.29, 0.717) is 0 Å². The summed E-state index contributed by atoms with van der Waals surface area (Å²) < 4.78 is 40.2. The van der Waals surface area contributed by atoms with Crippen molar-refractivity contribution in [1.82, 2.24) is 15.6 Å². The van der Waals surface area contributed by atoms with Gasteiger partial charge in [-0.2, -0.15) is 13.2 Å². The number of hydrogen-bond donors (Lipinski definition) is 2. The Bertz CT molecular complexity index is 695. The van der Waals surface area contributed by atoms with Gasteiger partial charge < -0.3 is 10.6 Å². The number of rotatable bonds is 4. The van der Waals surface area contributed by atoms with Crippen LogP contribution in [0, 0.1) is 0 Å². The number of carbonyl (C=O) groups is 1. The molecule has 0 radical (unpaired) electrons. The van der Waals surface area contributed by atoms with Gasteiger partial charge in [-0.1, -0.05) is 18.2 Å². The molecule has 1 heterocycles. The molecule has 0 saturated heterocycles. The van der Waals surface area contributed by atoms with Gasteiger partial charge in [0.15, 0.2) is 0 Å². The Labute approximate surface area is 150 Å². The zero-order valence-corrected chi connectivity index (χ0v) is 14.6. The van der Waals surface area contributed by atoms with Gasteiger partial charge in [0.2, 0.25) is 0 Å². The lowest BCUT2D eigenvalue weighted by molar-refractivity contribution is -0.136. The van der Waals surface area contributed by atoms with Crippen LogP contribution < -0.4 is 10.6 Å². The first-order valence-electron chi connectivity index (χ1n) is 6.75. The van der Waals surface area contributed by atoms with E-state index in [4.69, 9.17) is 0 Å². The smallest absolute Gasteiger partial charge is 0.350 e. The SMILES string of the molecule is CNC(C)CNC(=O)c1cnc2ccccc2c1C(F)(F)F.Cl.Cl. The van der Waals surface area contributed by atoms with Crippen molar-refractivity contribution in [3.8, 4) is 0 Å². The molecule has 1 unspecified atom stereocenters. The van der Waals surface area contributed by atoms with E-state index in [1.165, 1.54) is 18.2 Å². The van der Waals surface area contributed by atoms with Crippen LogP contribution in [0.2, 0.25) is 0 Å². The van der Waals surface area contributed by atoms with Crippen molar-refractivity contribution in [2.45, 2.75) is 19.1 Å². The van der Waals surface area contributed by atoms with Gasteiger partial charge in [0.1, 0.15) is 0 Å². The van der Waals surface area contributed by atoms with Crippen molar-refractivity contribution in [1.29, 1.82) is 0 Å². The lowest BCUT2D eigenvalue weighted by Gasteiger charge is -2.16. The summed E-state index contributed by atoms with van der Waals surface area (Å²) in [4.78, 5) is 16.0. The molecule has 0 spiro atoms. The average molecular weight is 384 g/mol. The van der Waals surface area contributed by atoms with Crippen LogP contribution in [0.25, 0.3) is 10.9 Å². The Balaban J connectivity index is 0.00000264. The molecule has 0 saturated carbocycles. The fraction of sp³-hybridized carbons (Fsp3) is 0.333. The largest absolute Gasteiger partial charge is 0.417 e. The van der Waals surface area contributed by atoms with Crippen LogP contribution in [0.3, 0.4) is 0 Å². The molecule has 1 aromatic carbocycles. The molecule has 2 N–H and O–H groups in total. The van der Waals surface area contributed by atoms with Gasteiger partial charge in [0, 0.05) is 24.2 Å². The normalized spacial score (nSPS) is 12.0. The molecule has 1 aromatic heterocycles. The fourth-order valence-electron chi connectivity index (χ4n) is 2.06. The molecule has 1 amide bonds. The summed E-state index contributed by atoms with van der Waals surface area (Å²) in [5.74, 6) is -0.785. The Morgan fingerprint density at radius 2 is 1.88 bits per heavy atom. The number of benzene rings is 1. The summed E-state index contributed by atoms with van der Waals surface area (Å²) in [6.45, 7) is 2.03. The van der Waals surface area contributed by atoms with E-state index in [-0.39, 0.29) is 48.3 Å². The molecule has 0 fully saturated rings. The van der Waals surface area contributed by atoms with Gasteiger partial charge in [-0.15, -0.1) is 24.8 Å². The second kappa shape index (κ2) is 9.05. The molecule has 0 aliphatic heterocycles. The van der Waals surface area contributed by atoms with E-state index in [1.54, 1.807) is 13.1 Å². The molecule has 24 heavy (non-hydrogen) atoms. The zero-order chi connectivity index (χ0) is 16.3. The molecular weight excluding hydrogens is 366 g/mol. The predicted molar refractivity (Wildman–Crippen MR) is 92.1 cm³/mol. The van der Waals surface area contributed by atoms with Crippen LogP contribution >= 0.6 is 24.8 Å². The summed E-state index contributed by atoms with van der Waals surface area (Å²) in [6.07, 6.45) is -3.66. The Kier molecular flexibility index (Phi) is 8.46. The summed E-state index contributed by atoms with van der Waals surface area (Å²) in [7, 11) is 1.70. The second-order valence-electron chi connectivity index (χ2n) is 4.96. The van der Waals surface area contributed by atoms with E-state index in [9.17, 15) is 18.0 Å². The molecule has 134 valence electrons. The molecular formula is C15H18Cl2F3N3O. The third-order valence-corrected chi connectivity index (χ3v) is 3.37. The molecule has 2 rings (SSSR count). The number of hydrogen-bond acceptors (Lipinski definition) is 3. The Hall–Kier alpha value is -1.57. The quantitative estimate of drug-likeness (QED) is 0.850. The van der Waals surface area contributed by atoms with Gasteiger partial charge in [-0.3, -0.25) is 9.78 Å². The monoisotopic (exact) mass is 383 g/mol. The summed E-state index contributed by atoms with van der Waals surface area (Å²) in [6, 6.07) is 5.84. The first kappa shape index (κ1) is 22.4. The van der Waals surface area contributed by atoms with E-state index in [2.05, 4.69) is 15.6 Å². The lowest BCUT2D eigenvalue weighted by Crippen LogP contribution is -2.37. The van der Waals surface area contributed by atoms with E-state index < -0.39 is 23.2 Å². The first-order chi connectivity index (χ1) is 10.3. The Morgan fingerprint density at radius 3 is 2.46 bits per heavy atom. The number of halogens is 5. The van der Waals surface area contributed by atoms with Gasteiger partial charge in [0.05, 0.1) is 16.6 Å². The molecule has 2 aromatic rings. The molecule has 1 atom stereocenters. The van der Waals surface area contributed by atoms with Crippen LogP contribution in [-0.2, 0) is 6.18 Å². The molecule has 0 aliphatic carbocycles. The van der Waals surface area contributed by atoms with Crippen molar-refractivity contribution in [2.24, 2.45) is 0 Å². The van der Waals surface area contributed by atoms with Crippen molar-refractivity contribution in [3.05, 3.63) is 41.6 Å². The summed E-state index contributed by atoms with van der Waals surface area (Å²) >= 11 is 0. The van der Waals surface area contributed by atoms with Gasteiger partial charge in [-0.25, -0.2) is 0 Å². The number of nitrogens with one attached hydrogen (secondary N) is 2. The molecule has 0 aliphatic rings. The predicted octanol–water partition coefficient (Wildman–Crippen LogP) is 3.43. The highest BCUT2D eigenvalue weighted by molar-refractivity contribution is 6.00. The first-order valence-corrected chi connectivity index (χ1v) is 6.75. The highest BCUT2D eigenvalue weighted by Crippen LogP contribution is 2.36. The van der Waals surface area contributed by atoms with Crippen molar-refractivity contribution in [2.75, 3.05) is 13.6 Å². The number of aromatic nitrogens is 1.